The van der Waals surface area contributed by atoms with Crippen LogP contribution in [0.15, 0.2) is 36.4 Å². The van der Waals surface area contributed by atoms with Crippen molar-refractivity contribution in [2.75, 3.05) is 46.3 Å². The van der Waals surface area contributed by atoms with Gasteiger partial charge in [0.2, 0.25) is 11.8 Å². The number of hydrogen-bond acceptors (Lipinski definition) is 5. The highest BCUT2D eigenvalue weighted by Gasteiger charge is 2.33. The minimum absolute atomic E-state index is 0.0919. The third-order valence-electron chi connectivity index (χ3n) is 5.91. The first kappa shape index (κ1) is 22.8. The molecular formula is C23H27ClN4O3S. The smallest absolute Gasteiger partial charge is 0.326 e. The maximum atomic E-state index is 12.6. The van der Waals surface area contributed by atoms with Gasteiger partial charge in [0.15, 0.2) is 0 Å². The Kier molecular flexibility index (Phi) is 7.13. The van der Waals surface area contributed by atoms with E-state index < -0.39 is 0 Å². The Morgan fingerprint density at radius 1 is 1.06 bits per heavy atom. The monoisotopic (exact) mass is 474 g/mol. The predicted molar refractivity (Wildman–Crippen MR) is 126 cm³/mol. The van der Waals surface area contributed by atoms with E-state index in [1.165, 1.54) is 19.6 Å². The Hall–Kier alpha value is -2.42. The third-order valence-corrected chi connectivity index (χ3v) is 7.34. The number of urea groups is 1. The van der Waals surface area contributed by atoms with Gasteiger partial charge in [-0.05, 0) is 24.6 Å². The molecule has 0 bridgehead atoms. The van der Waals surface area contributed by atoms with Crippen molar-refractivity contribution in [2.24, 2.45) is 0 Å². The number of rotatable bonds is 7. The first-order valence-electron chi connectivity index (χ1n) is 10.8. The van der Waals surface area contributed by atoms with E-state index in [1.54, 1.807) is 18.4 Å². The molecular weight excluding hydrogens is 448 g/mol. The molecule has 2 saturated heterocycles. The number of thiophene rings is 1. The number of carbonyl (C=O) groups is 3. The van der Waals surface area contributed by atoms with Crippen LogP contribution in [0.5, 0.6) is 0 Å². The molecule has 0 spiro atoms. The fourth-order valence-electron chi connectivity index (χ4n) is 4.08. The van der Waals surface area contributed by atoms with E-state index in [0.29, 0.717) is 32.5 Å². The van der Waals surface area contributed by atoms with Gasteiger partial charge in [0.05, 0.1) is 0 Å². The second-order valence-corrected chi connectivity index (χ2v) is 9.77. The Balaban J connectivity index is 1.21. The molecule has 170 valence electrons. The fraction of sp³-hybridized carbons (Fsp3) is 0.435. The highest BCUT2D eigenvalue weighted by molar-refractivity contribution is 7.15. The molecule has 9 heteroatoms. The summed E-state index contributed by atoms with van der Waals surface area (Å²) in [5, 5.41) is 0.763. The lowest BCUT2D eigenvalue weighted by Gasteiger charge is -2.34. The van der Waals surface area contributed by atoms with Gasteiger partial charge in [-0.15, -0.1) is 11.3 Å². The van der Waals surface area contributed by atoms with Crippen LogP contribution in [0, 0.1) is 0 Å². The number of carbonyl (C=O) groups excluding carboxylic acids is 3. The van der Waals surface area contributed by atoms with Gasteiger partial charge in [0.1, 0.15) is 6.54 Å². The van der Waals surface area contributed by atoms with Gasteiger partial charge in [-0.2, -0.15) is 0 Å². The topological polar surface area (TPSA) is 64.2 Å². The summed E-state index contributed by atoms with van der Waals surface area (Å²) >= 11 is 8.07. The van der Waals surface area contributed by atoms with Crippen molar-refractivity contribution in [1.82, 2.24) is 19.6 Å². The lowest BCUT2D eigenvalue weighted by Crippen LogP contribution is -2.48. The number of hydrogen-bond donors (Lipinski definition) is 0. The summed E-state index contributed by atoms with van der Waals surface area (Å²) in [6, 6.07) is 11.9. The molecule has 1 aromatic carbocycles. The Morgan fingerprint density at radius 3 is 2.50 bits per heavy atom. The van der Waals surface area contributed by atoms with Crippen molar-refractivity contribution < 1.29 is 14.4 Å². The van der Waals surface area contributed by atoms with Crippen molar-refractivity contribution in [3.63, 3.8) is 0 Å². The van der Waals surface area contributed by atoms with Crippen LogP contribution in [0.4, 0.5) is 4.79 Å². The fourth-order valence-corrected chi connectivity index (χ4v) is 5.46. The largest absolute Gasteiger partial charge is 0.340 e. The molecule has 2 aliphatic heterocycles. The summed E-state index contributed by atoms with van der Waals surface area (Å²) in [6.45, 7) is 4.36. The normalized spacial score (nSPS) is 17.5. The van der Waals surface area contributed by atoms with Crippen LogP contribution in [0.2, 0.25) is 5.02 Å². The van der Waals surface area contributed by atoms with E-state index in [4.69, 9.17) is 11.6 Å². The molecule has 2 aliphatic rings. The predicted octanol–water partition coefficient (Wildman–Crippen LogP) is 3.39. The number of imide groups is 1. The third kappa shape index (κ3) is 5.14. The lowest BCUT2D eigenvalue weighted by molar-refractivity contribution is -0.133. The minimum atomic E-state index is -0.276. The minimum Gasteiger partial charge on any atom is -0.340 e. The van der Waals surface area contributed by atoms with Crippen LogP contribution in [-0.4, -0.2) is 83.8 Å². The second kappa shape index (κ2) is 10.0. The standard InChI is InChI=1S/C23H27ClN4O3S/c1-25-16-22(30)28(23(25)31)10-4-7-21(29)27-13-11-26(12-14-27)15-17-8-9-20(32-17)18-5-2-3-6-19(18)24/h2-3,5-6,8-9H,4,7,10-16H2,1H3. The molecule has 0 unspecified atom stereocenters. The summed E-state index contributed by atoms with van der Waals surface area (Å²) < 4.78 is 0. The maximum Gasteiger partial charge on any atom is 0.326 e. The average Bonchev–Trinajstić information content (AvgIpc) is 3.33. The molecule has 3 heterocycles. The maximum absolute atomic E-state index is 12.6. The summed E-state index contributed by atoms with van der Waals surface area (Å²) in [6.07, 6.45) is 0.858. The van der Waals surface area contributed by atoms with Gasteiger partial charge < -0.3 is 9.80 Å². The van der Waals surface area contributed by atoms with Gasteiger partial charge in [-0.3, -0.25) is 19.4 Å². The van der Waals surface area contributed by atoms with Crippen LogP contribution < -0.4 is 0 Å². The molecule has 7 nitrogen and oxygen atoms in total. The molecule has 1 aromatic heterocycles. The summed E-state index contributed by atoms with van der Waals surface area (Å²) in [4.78, 5) is 45.6. The molecule has 0 N–H and O–H groups in total. The van der Waals surface area contributed by atoms with Gasteiger partial charge >= 0.3 is 6.03 Å². The molecule has 2 fully saturated rings. The van der Waals surface area contributed by atoms with Gasteiger partial charge in [0, 0.05) is 73.1 Å². The molecule has 2 aromatic rings. The molecule has 0 radical (unpaired) electrons. The number of halogens is 1. The van der Waals surface area contributed by atoms with Crippen LogP contribution >= 0.6 is 22.9 Å². The lowest BCUT2D eigenvalue weighted by atomic mass is 10.2. The quantitative estimate of drug-likeness (QED) is 0.577. The first-order chi connectivity index (χ1) is 15.4. The molecule has 4 amide bonds. The molecule has 4 rings (SSSR count). The van der Waals surface area contributed by atoms with Crippen molar-refractivity contribution in [2.45, 2.75) is 19.4 Å². The summed E-state index contributed by atoms with van der Waals surface area (Å²) in [7, 11) is 1.61. The van der Waals surface area contributed by atoms with Gasteiger partial charge in [-0.25, -0.2) is 4.79 Å². The summed E-state index contributed by atoms with van der Waals surface area (Å²) in [5.74, 6) is -0.0981. The Morgan fingerprint density at radius 2 is 1.81 bits per heavy atom. The van der Waals surface area contributed by atoms with E-state index in [9.17, 15) is 14.4 Å². The van der Waals surface area contributed by atoms with Crippen LogP contribution in [0.3, 0.4) is 0 Å². The highest BCUT2D eigenvalue weighted by atomic mass is 35.5. The highest BCUT2D eigenvalue weighted by Crippen LogP contribution is 2.33. The summed E-state index contributed by atoms with van der Waals surface area (Å²) in [5.41, 5.74) is 1.06. The van der Waals surface area contributed by atoms with E-state index >= 15 is 0 Å². The molecule has 0 aliphatic carbocycles. The zero-order valence-corrected chi connectivity index (χ0v) is 19.7. The van der Waals surface area contributed by atoms with Crippen LogP contribution in [0.25, 0.3) is 10.4 Å². The Bertz CT molecular complexity index is 1000. The zero-order chi connectivity index (χ0) is 22.7. The zero-order valence-electron chi connectivity index (χ0n) is 18.1. The number of benzene rings is 1. The molecule has 0 atom stereocenters. The van der Waals surface area contributed by atoms with Crippen LogP contribution in [0.1, 0.15) is 17.7 Å². The molecule has 0 saturated carbocycles. The van der Waals surface area contributed by atoms with E-state index in [-0.39, 0.29) is 24.4 Å². The Labute approximate surface area is 197 Å². The van der Waals surface area contributed by atoms with E-state index in [2.05, 4.69) is 17.0 Å². The number of amides is 4. The average molecular weight is 475 g/mol. The van der Waals surface area contributed by atoms with Crippen molar-refractivity contribution >= 4 is 40.8 Å². The van der Waals surface area contributed by atoms with Crippen molar-refractivity contribution in [1.29, 1.82) is 0 Å². The number of nitrogens with zero attached hydrogens (tertiary/aromatic N) is 4. The van der Waals surface area contributed by atoms with Crippen molar-refractivity contribution in [3.8, 4) is 10.4 Å². The first-order valence-corrected chi connectivity index (χ1v) is 12.0. The van der Waals surface area contributed by atoms with Crippen molar-refractivity contribution in [3.05, 3.63) is 46.3 Å². The number of piperazine rings is 1. The SMILES string of the molecule is CN1CC(=O)N(CCCC(=O)N2CCN(Cc3ccc(-c4ccccc4Cl)s3)CC2)C1=O. The van der Waals surface area contributed by atoms with Crippen LogP contribution in [-0.2, 0) is 16.1 Å². The number of likely N-dealkylation sites (N-methyl/N-ethyl adjacent to an activating group) is 1. The van der Waals surface area contributed by atoms with Gasteiger partial charge in [0.25, 0.3) is 0 Å². The second-order valence-electron chi connectivity index (χ2n) is 8.19. The molecule has 32 heavy (non-hydrogen) atoms. The van der Waals surface area contributed by atoms with E-state index in [0.717, 1.165) is 30.2 Å². The van der Waals surface area contributed by atoms with Gasteiger partial charge in [-0.1, -0.05) is 29.8 Å². The van der Waals surface area contributed by atoms with E-state index in [1.807, 2.05) is 29.2 Å².